The fourth-order valence-corrected chi connectivity index (χ4v) is 1.20. The van der Waals surface area contributed by atoms with Gasteiger partial charge in [-0.3, -0.25) is 9.59 Å². The molecule has 6 nitrogen and oxygen atoms in total. The third-order valence-corrected chi connectivity index (χ3v) is 2.35. The van der Waals surface area contributed by atoms with Gasteiger partial charge in [-0.2, -0.15) is 0 Å². The van der Waals surface area contributed by atoms with Gasteiger partial charge in [-0.1, -0.05) is 12.1 Å². The zero-order valence-corrected chi connectivity index (χ0v) is 10.4. The van der Waals surface area contributed by atoms with E-state index in [1.807, 2.05) is 0 Å². The average molecular weight is 251 g/mol. The number of benzene rings is 1. The summed E-state index contributed by atoms with van der Waals surface area (Å²) in [6.07, 6.45) is 0. The zero-order chi connectivity index (χ0) is 13.8. The first-order chi connectivity index (χ1) is 8.33. The van der Waals surface area contributed by atoms with Crippen LogP contribution in [0.15, 0.2) is 24.3 Å². The minimum absolute atomic E-state index is 0.231. The molecule has 0 saturated heterocycles. The predicted octanol–water partition coefficient (Wildman–Crippen LogP) is 0.0277. The molecule has 0 aliphatic carbocycles. The first-order valence-corrected chi connectivity index (χ1v) is 5.41. The molecule has 0 heterocycles. The molecule has 2 amide bonds. The van der Waals surface area contributed by atoms with Gasteiger partial charge in [0.15, 0.2) is 6.61 Å². The lowest BCUT2D eigenvalue weighted by molar-refractivity contribution is -0.131. The van der Waals surface area contributed by atoms with Crippen LogP contribution in [0.3, 0.4) is 0 Å². The molecule has 0 saturated carbocycles. The van der Waals surface area contributed by atoms with Crippen LogP contribution in [-0.2, 0) is 9.59 Å². The summed E-state index contributed by atoms with van der Waals surface area (Å²) < 4.78 is 5.24. The van der Waals surface area contributed by atoms with Crippen LogP contribution in [0, 0.1) is 0 Å². The quantitative estimate of drug-likeness (QED) is 0.641. The molecule has 0 unspecified atom stereocenters. The number of carbonyl (C=O) groups excluding carboxylic acids is 2. The molecule has 0 fully saturated rings. The SMILES string of the molecule is CC(C)(NC(=O)COc1ccccc1N)C(N)=O. The number of ether oxygens (including phenoxy) is 1. The molecule has 1 aromatic carbocycles. The fraction of sp³-hybridized carbons (Fsp3) is 0.333. The summed E-state index contributed by atoms with van der Waals surface area (Å²) in [5, 5.41) is 2.47. The summed E-state index contributed by atoms with van der Waals surface area (Å²) >= 11 is 0. The minimum atomic E-state index is -1.11. The van der Waals surface area contributed by atoms with E-state index in [2.05, 4.69) is 5.32 Å². The van der Waals surface area contributed by atoms with E-state index in [9.17, 15) is 9.59 Å². The monoisotopic (exact) mass is 251 g/mol. The number of carbonyl (C=O) groups is 2. The number of nitrogens with two attached hydrogens (primary N) is 2. The van der Waals surface area contributed by atoms with Crippen molar-refractivity contribution in [2.75, 3.05) is 12.3 Å². The maximum atomic E-state index is 11.6. The molecule has 0 atom stereocenters. The van der Waals surface area contributed by atoms with Crippen molar-refractivity contribution in [2.24, 2.45) is 5.73 Å². The highest BCUT2D eigenvalue weighted by molar-refractivity contribution is 5.90. The normalized spacial score (nSPS) is 10.8. The second-order valence-corrected chi connectivity index (χ2v) is 4.36. The Balaban J connectivity index is 2.53. The molecule has 0 aliphatic heterocycles. The summed E-state index contributed by atoms with van der Waals surface area (Å²) in [6.45, 7) is 2.80. The molecule has 6 heteroatoms. The molecular formula is C12H17N3O3. The molecule has 18 heavy (non-hydrogen) atoms. The summed E-state index contributed by atoms with van der Waals surface area (Å²) in [4.78, 5) is 22.6. The van der Waals surface area contributed by atoms with Gasteiger partial charge < -0.3 is 21.5 Å². The van der Waals surface area contributed by atoms with Crippen LogP contribution in [0.5, 0.6) is 5.75 Å². The van der Waals surface area contributed by atoms with Crippen molar-refractivity contribution in [3.63, 3.8) is 0 Å². The summed E-state index contributed by atoms with van der Waals surface area (Å²) in [5.41, 5.74) is 10.1. The molecule has 0 spiro atoms. The summed E-state index contributed by atoms with van der Waals surface area (Å²) in [7, 11) is 0. The van der Waals surface area contributed by atoms with Crippen LogP contribution < -0.4 is 21.5 Å². The number of anilines is 1. The van der Waals surface area contributed by atoms with E-state index < -0.39 is 17.4 Å². The topological polar surface area (TPSA) is 107 Å². The van der Waals surface area contributed by atoms with Crippen molar-refractivity contribution in [1.29, 1.82) is 0 Å². The highest BCUT2D eigenvalue weighted by atomic mass is 16.5. The second kappa shape index (κ2) is 5.39. The first-order valence-electron chi connectivity index (χ1n) is 5.41. The Morgan fingerprint density at radius 2 is 1.94 bits per heavy atom. The highest BCUT2D eigenvalue weighted by Crippen LogP contribution is 2.19. The van der Waals surface area contributed by atoms with E-state index in [0.29, 0.717) is 11.4 Å². The third kappa shape index (κ3) is 3.65. The minimum Gasteiger partial charge on any atom is -0.482 e. The Morgan fingerprint density at radius 1 is 1.33 bits per heavy atom. The van der Waals surface area contributed by atoms with E-state index in [-0.39, 0.29) is 6.61 Å². The Kier molecular flexibility index (Phi) is 4.14. The van der Waals surface area contributed by atoms with E-state index in [1.165, 1.54) is 13.8 Å². The molecule has 1 aromatic rings. The molecule has 0 aliphatic rings. The lowest BCUT2D eigenvalue weighted by Gasteiger charge is -2.22. The van der Waals surface area contributed by atoms with Gasteiger partial charge in [0.05, 0.1) is 5.69 Å². The van der Waals surface area contributed by atoms with Gasteiger partial charge in [-0.25, -0.2) is 0 Å². The number of nitrogens with one attached hydrogen (secondary N) is 1. The van der Waals surface area contributed by atoms with E-state index >= 15 is 0 Å². The number of hydrogen-bond acceptors (Lipinski definition) is 4. The lowest BCUT2D eigenvalue weighted by Crippen LogP contribution is -2.54. The number of para-hydroxylation sites is 2. The number of nitrogen functional groups attached to an aromatic ring is 1. The first kappa shape index (κ1) is 13.8. The Labute approximate surface area is 105 Å². The van der Waals surface area contributed by atoms with Crippen molar-refractivity contribution in [3.05, 3.63) is 24.3 Å². The maximum Gasteiger partial charge on any atom is 0.258 e. The van der Waals surface area contributed by atoms with Gasteiger partial charge in [0.1, 0.15) is 11.3 Å². The molecular weight excluding hydrogens is 234 g/mol. The van der Waals surface area contributed by atoms with Crippen molar-refractivity contribution in [3.8, 4) is 5.75 Å². The van der Waals surface area contributed by atoms with Crippen molar-refractivity contribution in [1.82, 2.24) is 5.32 Å². The molecule has 0 radical (unpaired) electrons. The smallest absolute Gasteiger partial charge is 0.258 e. The molecule has 98 valence electrons. The summed E-state index contributed by atoms with van der Waals surface area (Å²) in [6, 6.07) is 6.83. The maximum absolute atomic E-state index is 11.6. The summed E-state index contributed by atoms with van der Waals surface area (Å²) in [5.74, 6) is -0.637. The van der Waals surface area contributed by atoms with Crippen molar-refractivity contribution >= 4 is 17.5 Å². The highest BCUT2D eigenvalue weighted by Gasteiger charge is 2.26. The second-order valence-electron chi connectivity index (χ2n) is 4.36. The Morgan fingerprint density at radius 3 is 2.50 bits per heavy atom. The molecule has 0 aromatic heterocycles. The van der Waals surface area contributed by atoms with Gasteiger partial charge >= 0.3 is 0 Å². The van der Waals surface area contributed by atoms with Crippen molar-refractivity contribution < 1.29 is 14.3 Å². The molecule has 1 rings (SSSR count). The number of amides is 2. The predicted molar refractivity (Wildman–Crippen MR) is 67.8 cm³/mol. The van der Waals surface area contributed by atoms with Crippen LogP contribution in [0.1, 0.15) is 13.8 Å². The van der Waals surface area contributed by atoms with Crippen LogP contribution in [0.25, 0.3) is 0 Å². The van der Waals surface area contributed by atoms with Crippen molar-refractivity contribution in [2.45, 2.75) is 19.4 Å². The van der Waals surface area contributed by atoms with Gasteiger partial charge in [0, 0.05) is 0 Å². The molecule has 0 bridgehead atoms. The lowest BCUT2D eigenvalue weighted by atomic mass is 10.1. The van der Waals surface area contributed by atoms with Crippen LogP contribution in [0.2, 0.25) is 0 Å². The van der Waals surface area contributed by atoms with Crippen LogP contribution >= 0.6 is 0 Å². The Bertz CT molecular complexity index is 458. The van der Waals surface area contributed by atoms with Crippen LogP contribution in [-0.4, -0.2) is 24.0 Å². The van der Waals surface area contributed by atoms with E-state index in [1.54, 1.807) is 24.3 Å². The van der Waals surface area contributed by atoms with Crippen LogP contribution in [0.4, 0.5) is 5.69 Å². The average Bonchev–Trinajstić information content (AvgIpc) is 2.27. The third-order valence-electron chi connectivity index (χ3n) is 2.35. The van der Waals surface area contributed by atoms with E-state index in [4.69, 9.17) is 16.2 Å². The number of rotatable bonds is 5. The van der Waals surface area contributed by atoms with Gasteiger partial charge in [-0.05, 0) is 26.0 Å². The number of hydrogen-bond donors (Lipinski definition) is 3. The van der Waals surface area contributed by atoms with Gasteiger partial charge in [0.25, 0.3) is 5.91 Å². The van der Waals surface area contributed by atoms with E-state index in [0.717, 1.165) is 0 Å². The molecule has 5 N–H and O–H groups in total. The fourth-order valence-electron chi connectivity index (χ4n) is 1.20. The zero-order valence-electron chi connectivity index (χ0n) is 10.4. The standard InChI is InChI=1S/C12H17N3O3/c1-12(2,11(14)17)15-10(16)7-18-9-6-4-3-5-8(9)13/h3-6H,7,13H2,1-2H3,(H2,14,17)(H,15,16). The van der Waals surface area contributed by atoms with Gasteiger partial charge in [-0.15, -0.1) is 0 Å². The Hall–Kier alpha value is -2.24. The largest absolute Gasteiger partial charge is 0.482 e. The van der Waals surface area contributed by atoms with Gasteiger partial charge in [0.2, 0.25) is 5.91 Å². The number of primary amides is 1.